The highest BCUT2D eigenvalue weighted by molar-refractivity contribution is 5.98. The smallest absolute Gasteiger partial charge is 0.416 e. The van der Waals surface area contributed by atoms with Crippen molar-refractivity contribution in [2.24, 2.45) is 0 Å². The van der Waals surface area contributed by atoms with E-state index < -0.39 is 30.2 Å². The van der Waals surface area contributed by atoms with Crippen LogP contribution in [0.2, 0.25) is 0 Å². The standard InChI is InChI=1S/C22H18F3N3O4/c1-31-17-9-7-15(8-10-17)27-19(29)13-32-21(30)18-6-3-11-26-20(18)28-16-5-2-4-14(12-16)22(23,24)25/h2-12H,13H2,1H3,(H,26,28)(H,27,29). The SMILES string of the molecule is COc1ccc(NC(=O)COC(=O)c2cccnc2Nc2cccc(C(F)(F)F)c2)cc1. The minimum Gasteiger partial charge on any atom is -0.497 e. The molecule has 2 aromatic carbocycles. The molecule has 2 N–H and O–H groups in total. The summed E-state index contributed by atoms with van der Waals surface area (Å²) in [6, 6.07) is 13.9. The number of anilines is 3. The second-order valence-corrected chi connectivity index (χ2v) is 6.46. The number of esters is 1. The third-order valence-electron chi connectivity index (χ3n) is 4.19. The van der Waals surface area contributed by atoms with Crippen molar-refractivity contribution in [1.82, 2.24) is 4.98 Å². The van der Waals surface area contributed by atoms with Crippen LogP contribution in [0.25, 0.3) is 0 Å². The Morgan fingerprint density at radius 2 is 1.75 bits per heavy atom. The Morgan fingerprint density at radius 1 is 1.00 bits per heavy atom. The zero-order valence-electron chi connectivity index (χ0n) is 16.8. The summed E-state index contributed by atoms with van der Waals surface area (Å²) in [5.41, 5.74) is -0.315. The third-order valence-corrected chi connectivity index (χ3v) is 4.19. The van der Waals surface area contributed by atoms with Gasteiger partial charge in [0.1, 0.15) is 17.1 Å². The molecule has 0 bridgehead atoms. The molecule has 0 saturated heterocycles. The predicted molar refractivity (Wildman–Crippen MR) is 111 cm³/mol. The number of halogens is 3. The number of carbonyl (C=O) groups is 2. The van der Waals surface area contributed by atoms with E-state index in [1.54, 1.807) is 24.3 Å². The molecule has 7 nitrogen and oxygen atoms in total. The van der Waals surface area contributed by atoms with Crippen molar-refractivity contribution >= 4 is 29.1 Å². The molecule has 1 heterocycles. The fraction of sp³-hybridized carbons (Fsp3) is 0.136. The Bertz CT molecular complexity index is 1100. The molecule has 0 radical (unpaired) electrons. The van der Waals surface area contributed by atoms with Gasteiger partial charge in [0, 0.05) is 17.6 Å². The van der Waals surface area contributed by atoms with Crippen LogP contribution in [0.4, 0.5) is 30.4 Å². The maximum atomic E-state index is 12.9. The minimum atomic E-state index is -4.51. The number of nitrogens with zero attached hydrogens (tertiary/aromatic N) is 1. The molecule has 1 amide bonds. The number of aromatic nitrogens is 1. The fourth-order valence-corrected chi connectivity index (χ4v) is 2.66. The van der Waals surface area contributed by atoms with E-state index in [0.717, 1.165) is 12.1 Å². The van der Waals surface area contributed by atoms with Crippen LogP contribution in [0.5, 0.6) is 5.75 Å². The summed E-state index contributed by atoms with van der Waals surface area (Å²) in [5.74, 6) is -0.823. The molecule has 166 valence electrons. The average molecular weight is 445 g/mol. The van der Waals surface area contributed by atoms with Crippen LogP contribution in [0.3, 0.4) is 0 Å². The van der Waals surface area contributed by atoms with E-state index in [0.29, 0.717) is 11.4 Å². The number of methoxy groups -OCH3 is 1. The number of alkyl halides is 3. The zero-order chi connectivity index (χ0) is 23.1. The Morgan fingerprint density at radius 3 is 2.44 bits per heavy atom. The monoisotopic (exact) mass is 445 g/mol. The van der Waals surface area contributed by atoms with Crippen LogP contribution < -0.4 is 15.4 Å². The van der Waals surface area contributed by atoms with Gasteiger partial charge in [-0.3, -0.25) is 4.79 Å². The highest BCUT2D eigenvalue weighted by atomic mass is 19.4. The van der Waals surface area contributed by atoms with Gasteiger partial charge >= 0.3 is 12.1 Å². The number of carbonyl (C=O) groups excluding carboxylic acids is 2. The lowest BCUT2D eigenvalue weighted by Gasteiger charge is -2.13. The van der Waals surface area contributed by atoms with Gasteiger partial charge in [-0.05, 0) is 54.6 Å². The van der Waals surface area contributed by atoms with Crippen LogP contribution >= 0.6 is 0 Å². The molecule has 0 atom stereocenters. The summed E-state index contributed by atoms with van der Waals surface area (Å²) >= 11 is 0. The Hall–Kier alpha value is -4.08. The quantitative estimate of drug-likeness (QED) is 0.515. The van der Waals surface area contributed by atoms with Crippen LogP contribution in [0.15, 0.2) is 66.9 Å². The van der Waals surface area contributed by atoms with E-state index in [1.807, 2.05) is 0 Å². The maximum Gasteiger partial charge on any atom is 0.416 e. The lowest BCUT2D eigenvalue weighted by atomic mass is 10.2. The minimum absolute atomic E-state index is 0.00705. The molecule has 0 aliphatic rings. The molecule has 3 aromatic rings. The second-order valence-electron chi connectivity index (χ2n) is 6.46. The van der Waals surface area contributed by atoms with Crippen LogP contribution in [0, 0.1) is 0 Å². The molecule has 0 fully saturated rings. The number of nitrogens with one attached hydrogen (secondary N) is 2. The van der Waals surface area contributed by atoms with Gasteiger partial charge in [0.05, 0.1) is 12.7 Å². The molecule has 1 aromatic heterocycles. The zero-order valence-corrected chi connectivity index (χ0v) is 16.8. The summed E-state index contributed by atoms with van der Waals surface area (Å²) in [6.45, 7) is -0.567. The maximum absolute atomic E-state index is 12.9. The topological polar surface area (TPSA) is 89.5 Å². The molecule has 3 rings (SSSR count). The largest absolute Gasteiger partial charge is 0.497 e. The van der Waals surface area contributed by atoms with Crippen molar-refractivity contribution in [2.75, 3.05) is 24.4 Å². The van der Waals surface area contributed by atoms with Gasteiger partial charge in [0.2, 0.25) is 0 Å². The summed E-state index contributed by atoms with van der Waals surface area (Å²) in [5, 5.41) is 5.25. The summed E-state index contributed by atoms with van der Waals surface area (Å²) in [7, 11) is 1.52. The number of benzene rings is 2. The number of amides is 1. The van der Waals surface area contributed by atoms with Crippen LogP contribution in [-0.4, -0.2) is 30.6 Å². The second kappa shape index (κ2) is 9.82. The molecule has 32 heavy (non-hydrogen) atoms. The fourth-order valence-electron chi connectivity index (χ4n) is 2.66. The van der Waals surface area contributed by atoms with Crippen molar-refractivity contribution in [2.45, 2.75) is 6.18 Å². The Labute approximate surface area is 181 Å². The van der Waals surface area contributed by atoms with Gasteiger partial charge in [0.15, 0.2) is 6.61 Å². The van der Waals surface area contributed by atoms with Gasteiger partial charge in [-0.25, -0.2) is 9.78 Å². The van der Waals surface area contributed by atoms with E-state index in [9.17, 15) is 22.8 Å². The number of pyridine rings is 1. The average Bonchev–Trinajstić information content (AvgIpc) is 2.78. The van der Waals surface area contributed by atoms with E-state index in [1.165, 1.54) is 37.6 Å². The first-order chi connectivity index (χ1) is 15.3. The molecule has 0 spiro atoms. The lowest BCUT2D eigenvalue weighted by molar-refractivity contribution is -0.137. The summed E-state index contributed by atoms with van der Waals surface area (Å²) in [6.07, 6.45) is -3.15. The van der Waals surface area contributed by atoms with E-state index in [4.69, 9.17) is 9.47 Å². The van der Waals surface area contributed by atoms with Crippen molar-refractivity contribution in [3.63, 3.8) is 0 Å². The summed E-state index contributed by atoms with van der Waals surface area (Å²) in [4.78, 5) is 28.5. The van der Waals surface area contributed by atoms with Gasteiger partial charge in [0.25, 0.3) is 5.91 Å². The van der Waals surface area contributed by atoms with Crippen LogP contribution in [-0.2, 0) is 15.7 Å². The predicted octanol–water partition coefficient (Wildman–Crippen LogP) is 4.65. The number of ether oxygens (including phenoxy) is 2. The number of hydrogen-bond donors (Lipinski definition) is 2. The molecular weight excluding hydrogens is 427 g/mol. The van der Waals surface area contributed by atoms with Gasteiger partial charge in [-0.1, -0.05) is 6.07 Å². The molecular formula is C22H18F3N3O4. The molecule has 0 aliphatic carbocycles. The van der Waals surface area contributed by atoms with Crippen LogP contribution in [0.1, 0.15) is 15.9 Å². The number of rotatable bonds is 7. The highest BCUT2D eigenvalue weighted by Gasteiger charge is 2.30. The van der Waals surface area contributed by atoms with Crippen molar-refractivity contribution in [1.29, 1.82) is 0 Å². The third kappa shape index (κ3) is 5.97. The van der Waals surface area contributed by atoms with Gasteiger partial charge in [-0.15, -0.1) is 0 Å². The van der Waals surface area contributed by atoms with E-state index in [-0.39, 0.29) is 17.1 Å². The van der Waals surface area contributed by atoms with Crippen molar-refractivity contribution < 1.29 is 32.2 Å². The van der Waals surface area contributed by atoms with Gasteiger partial charge in [-0.2, -0.15) is 13.2 Å². The normalized spacial score (nSPS) is 10.9. The van der Waals surface area contributed by atoms with E-state index >= 15 is 0 Å². The molecule has 10 heteroatoms. The van der Waals surface area contributed by atoms with Gasteiger partial charge < -0.3 is 20.1 Å². The number of hydrogen-bond acceptors (Lipinski definition) is 6. The molecule has 0 saturated carbocycles. The first-order valence-corrected chi connectivity index (χ1v) is 9.26. The lowest BCUT2D eigenvalue weighted by Crippen LogP contribution is -2.21. The Kier molecular flexibility index (Phi) is 6.93. The van der Waals surface area contributed by atoms with E-state index in [2.05, 4.69) is 15.6 Å². The molecule has 0 aliphatic heterocycles. The first kappa shape index (κ1) is 22.6. The van der Waals surface area contributed by atoms with Crippen molar-refractivity contribution in [3.8, 4) is 5.75 Å². The Balaban J connectivity index is 1.64. The van der Waals surface area contributed by atoms with Crippen molar-refractivity contribution in [3.05, 3.63) is 78.0 Å². The highest BCUT2D eigenvalue weighted by Crippen LogP contribution is 2.31. The molecule has 0 unspecified atom stereocenters. The first-order valence-electron chi connectivity index (χ1n) is 9.26. The summed E-state index contributed by atoms with van der Waals surface area (Å²) < 4.78 is 48.8.